The van der Waals surface area contributed by atoms with Gasteiger partial charge in [-0.25, -0.2) is 0 Å². The summed E-state index contributed by atoms with van der Waals surface area (Å²) in [5.41, 5.74) is 0. The van der Waals surface area contributed by atoms with Crippen molar-refractivity contribution in [3.63, 3.8) is 0 Å². The van der Waals surface area contributed by atoms with Crippen LogP contribution in [-0.4, -0.2) is 66.7 Å². The average molecular weight is 221 g/mol. The first-order chi connectivity index (χ1) is 7.19. The predicted molar refractivity (Wildman–Crippen MR) is 52.3 cm³/mol. The first-order valence-electron chi connectivity index (χ1n) is 5.07. The van der Waals surface area contributed by atoms with Crippen molar-refractivity contribution in [1.29, 1.82) is 0 Å². The molecule has 1 aliphatic rings. The summed E-state index contributed by atoms with van der Waals surface area (Å²) < 4.78 is 10.6. The molecule has 1 saturated heterocycles. The van der Waals surface area contributed by atoms with Gasteiger partial charge < -0.3 is 30.1 Å². The van der Waals surface area contributed by atoms with Crippen molar-refractivity contribution in [2.45, 2.75) is 31.0 Å². The van der Waals surface area contributed by atoms with Crippen molar-refractivity contribution in [2.24, 2.45) is 0 Å². The second kappa shape index (κ2) is 6.37. The molecule has 0 aromatic heterocycles. The van der Waals surface area contributed by atoms with Gasteiger partial charge in [0.1, 0.15) is 12.2 Å². The highest BCUT2D eigenvalue weighted by Crippen LogP contribution is 2.20. The molecule has 6 nitrogen and oxygen atoms in total. The van der Waals surface area contributed by atoms with E-state index in [1.165, 1.54) is 0 Å². The second-order valence-electron chi connectivity index (χ2n) is 3.55. The summed E-state index contributed by atoms with van der Waals surface area (Å²) >= 11 is 0. The Balaban J connectivity index is 2.34. The van der Waals surface area contributed by atoms with Gasteiger partial charge in [0.25, 0.3) is 0 Å². The van der Waals surface area contributed by atoms with E-state index in [9.17, 15) is 10.2 Å². The molecule has 1 rings (SSSR count). The van der Waals surface area contributed by atoms with Gasteiger partial charge in [-0.3, -0.25) is 0 Å². The lowest BCUT2D eigenvalue weighted by molar-refractivity contribution is -0.256. The summed E-state index contributed by atoms with van der Waals surface area (Å²) in [4.78, 5) is 0. The minimum Gasteiger partial charge on any atom is -0.394 e. The van der Waals surface area contributed by atoms with Gasteiger partial charge in [-0.1, -0.05) is 0 Å². The molecule has 4 atom stereocenters. The topological polar surface area (TPSA) is 91.2 Å². The van der Waals surface area contributed by atoms with E-state index in [0.717, 1.165) is 0 Å². The number of rotatable bonds is 5. The van der Waals surface area contributed by atoms with E-state index in [1.54, 1.807) is 7.05 Å². The van der Waals surface area contributed by atoms with Crippen LogP contribution >= 0.6 is 0 Å². The highest BCUT2D eigenvalue weighted by Gasteiger charge is 2.36. The molecule has 0 aliphatic carbocycles. The van der Waals surface area contributed by atoms with Crippen LogP contribution in [0.4, 0.5) is 0 Å². The molecule has 0 amide bonds. The molecule has 90 valence electrons. The number of aliphatic hydroxyl groups is 3. The van der Waals surface area contributed by atoms with E-state index in [-0.39, 0.29) is 13.0 Å². The number of likely N-dealkylation sites (N-methyl/N-ethyl adjacent to an activating group) is 1. The smallest absolute Gasteiger partial charge is 0.160 e. The summed E-state index contributed by atoms with van der Waals surface area (Å²) in [6.45, 7) is 0.814. The lowest BCUT2D eigenvalue weighted by Gasteiger charge is -2.36. The summed E-state index contributed by atoms with van der Waals surface area (Å²) in [7, 11) is 1.81. The maximum Gasteiger partial charge on any atom is 0.160 e. The fourth-order valence-corrected chi connectivity index (χ4v) is 1.47. The molecule has 0 aromatic carbocycles. The number of nitrogens with one attached hydrogen (secondary N) is 1. The van der Waals surface area contributed by atoms with Crippen LogP contribution in [0.15, 0.2) is 0 Å². The van der Waals surface area contributed by atoms with E-state index >= 15 is 0 Å². The summed E-state index contributed by atoms with van der Waals surface area (Å²) in [6, 6.07) is 0. The fourth-order valence-electron chi connectivity index (χ4n) is 1.47. The number of hydrogen-bond acceptors (Lipinski definition) is 6. The van der Waals surface area contributed by atoms with Crippen LogP contribution in [0.2, 0.25) is 0 Å². The Kier molecular flexibility index (Phi) is 5.44. The SMILES string of the molecule is CNCCO[C@@H]1C[C@@H](O)[C@H](O)[C@@H](CO)O1. The quantitative estimate of drug-likeness (QED) is 0.403. The van der Waals surface area contributed by atoms with Gasteiger partial charge in [0.15, 0.2) is 6.29 Å². The second-order valence-corrected chi connectivity index (χ2v) is 3.55. The lowest BCUT2D eigenvalue weighted by Crippen LogP contribution is -2.50. The van der Waals surface area contributed by atoms with E-state index < -0.39 is 24.6 Å². The molecule has 0 spiro atoms. The zero-order chi connectivity index (χ0) is 11.3. The highest BCUT2D eigenvalue weighted by atomic mass is 16.7. The van der Waals surface area contributed by atoms with Crippen LogP contribution in [-0.2, 0) is 9.47 Å². The van der Waals surface area contributed by atoms with Gasteiger partial charge in [0, 0.05) is 13.0 Å². The van der Waals surface area contributed by atoms with Crippen LogP contribution in [0, 0.1) is 0 Å². The van der Waals surface area contributed by atoms with Gasteiger partial charge in [0.2, 0.25) is 0 Å². The molecule has 0 radical (unpaired) electrons. The Morgan fingerprint density at radius 1 is 1.47 bits per heavy atom. The molecule has 0 bridgehead atoms. The minimum atomic E-state index is -1.04. The first-order valence-corrected chi connectivity index (χ1v) is 5.07. The van der Waals surface area contributed by atoms with E-state index in [4.69, 9.17) is 14.6 Å². The molecule has 0 saturated carbocycles. The fraction of sp³-hybridized carbons (Fsp3) is 1.00. The normalized spacial score (nSPS) is 36.8. The standard InChI is InChI=1S/C9H19NO5/c1-10-2-3-14-8-4-6(12)9(13)7(5-11)15-8/h6-13H,2-5H2,1H3/t6-,7-,8+,9+/m1/s1. The van der Waals surface area contributed by atoms with E-state index in [0.29, 0.717) is 13.2 Å². The van der Waals surface area contributed by atoms with Gasteiger partial charge in [-0.05, 0) is 7.05 Å². The maximum atomic E-state index is 9.47. The Morgan fingerprint density at radius 2 is 2.20 bits per heavy atom. The summed E-state index contributed by atoms with van der Waals surface area (Å²) in [5.74, 6) is 0. The Bertz CT molecular complexity index is 180. The van der Waals surface area contributed by atoms with E-state index in [2.05, 4.69) is 5.32 Å². The van der Waals surface area contributed by atoms with Crippen molar-refractivity contribution >= 4 is 0 Å². The van der Waals surface area contributed by atoms with Gasteiger partial charge in [-0.15, -0.1) is 0 Å². The Morgan fingerprint density at radius 3 is 2.80 bits per heavy atom. The maximum absolute atomic E-state index is 9.47. The number of ether oxygens (including phenoxy) is 2. The molecule has 0 aromatic rings. The Hall–Kier alpha value is -0.240. The molecule has 6 heteroatoms. The highest BCUT2D eigenvalue weighted by molar-refractivity contribution is 4.82. The van der Waals surface area contributed by atoms with Crippen molar-refractivity contribution in [1.82, 2.24) is 5.32 Å². The largest absolute Gasteiger partial charge is 0.394 e. The third-order valence-corrected chi connectivity index (χ3v) is 2.37. The van der Waals surface area contributed by atoms with E-state index in [1.807, 2.05) is 0 Å². The van der Waals surface area contributed by atoms with Crippen molar-refractivity contribution in [3.05, 3.63) is 0 Å². The van der Waals surface area contributed by atoms with Gasteiger partial charge >= 0.3 is 0 Å². The molecule has 4 N–H and O–H groups in total. The van der Waals surface area contributed by atoms with Gasteiger partial charge in [0.05, 0.1) is 19.3 Å². The monoisotopic (exact) mass is 221 g/mol. The van der Waals surface area contributed by atoms with Crippen LogP contribution in [0.3, 0.4) is 0 Å². The summed E-state index contributed by atoms with van der Waals surface area (Å²) in [6.07, 6.45) is -3.06. The third-order valence-electron chi connectivity index (χ3n) is 2.37. The van der Waals surface area contributed by atoms with Crippen LogP contribution in [0.5, 0.6) is 0 Å². The number of hydrogen-bond donors (Lipinski definition) is 4. The molecular formula is C9H19NO5. The molecular weight excluding hydrogens is 202 g/mol. The average Bonchev–Trinajstić information content (AvgIpc) is 2.23. The predicted octanol–water partition coefficient (Wildman–Crippen LogP) is -1.95. The Labute approximate surface area is 88.8 Å². The van der Waals surface area contributed by atoms with Crippen LogP contribution < -0.4 is 5.32 Å². The zero-order valence-electron chi connectivity index (χ0n) is 8.80. The van der Waals surface area contributed by atoms with Crippen molar-refractivity contribution in [2.75, 3.05) is 26.8 Å². The van der Waals surface area contributed by atoms with Crippen molar-refractivity contribution in [3.8, 4) is 0 Å². The van der Waals surface area contributed by atoms with Gasteiger partial charge in [-0.2, -0.15) is 0 Å². The minimum absolute atomic E-state index is 0.224. The first kappa shape index (κ1) is 12.8. The summed E-state index contributed by atoms with van der Waals surface area (Å²) in [5, 5.41) is 30.7. The van der Waals surface area contributed by atoms with Crippen LogP contribution in [0.25, 0.3) is 0 Å². The molecule has 15 heavy (non-hydrogen) atoms. The van der Waals surface area contributed by atoms with Crippen molar-refractivity contribution < 1.29 is 24.8 Å². The molecule has 1 heterocycles. The zero-order valence-corrected chi connectivity index (χ0v) is 8.80. The third kappa shape index (κ3) is 3.67. The molecule has 0 unspecified atom stereocenters. The molecule has 1 fully saturated rings. The van der Waals surface area contributed by atoms with Crippen LogP contribution in [0.1, 0.15) is 6.42 Å². The molecule has 1 aliphatic heterocycles. The number of aliphatic hydroxyl groups excluding tert-OH is 3. The lowest BCUT2D eigenvalue weighted by atomic mass is 10.0.